The van der Waals surface area contributed by atoms with Gasteiger partial charge in [0.05, 0.1) is 12.2 Å². The Balaban J connectivity index is 2.45. The van der Waals surface area contributed by atoms with Gasteiger partial charge in [0.2, 0.25) is 0 Å². The predicted molar refractivity (Wildman–Crippen MR) is 58.0 cm³/mol. The van der Waals surface area contributed by atoms with Gasteiger partial charge in [0, 0.05) is 12.3 Å². The number of anilines is 1. The minimum absolute atomic E-state index is 0.293. The van der Waals surface area contributed by atoms with Crippen LogP contribution in [0.25, 0.3) is 0 Å². The van der Waals surface area contributed by atoms with E-state index in [1.807, 2.05) is 6.07 Å². The molecule has 6 nitrogen and oxygen atoms in total. The molecule has 0 saturated heterocycles. The smallest absolute Gasteiger partial charge is 0.253 e. The molecule has 0 aromatic carbocycles. The first kappa shape index (κ1) is 9.66. The van der Waals surface area contributed by atoms with E-state index in [9.17, 15) is 4.79 Å². The Bertz CT molecular complexity index is 567. The highest BCUT2D eigenvalue weighted by Crippen LogP contribution is 2.03. The van der Waals surface area contributed by atoms with Gasteiger partial charge in [-0.2, -0.15) is 5.10 Å². The molecule has 2 rings (SSSR count). The SMILES string of the molecule is Nc1cc(=O)[nH]c(=S)n1Cc1ccn[nH]1. The number of hydrogen-bond donors (Lipinski definition) is 3. The van der Waals surface area contributed by atoms with Crippen molar-refractivity contribution in [1.29, 1.82) is 0 Å². The molecule has 78 valence electrons. The van der Waals surface area contributed by atoms with Crippen LogP contribution in [0.3, 0.4) is 0 Å². The molecule has 2 heterocycles. The van der Waals surface area contributed by atoms with Crippen LogP contribution >= 0.6 is 12.2 Å². The first-order valence-corrected chi connectivity index (χ1v) is 4.65. The number of H-pyrrole nitrogens is 2. The van der Waals surface area contributed by atoms with Gasteiger partial charge >= 0.3 is 0 Å². The van der Waals surface area contributed by atoms with Gasteiger partial charge in [-0.1, -0.05) is 0 Å². The minimum atomic E-state index is -0.293. The molecule has 0 unspecified atom stereocenters. The van der Waals surface area contributed by atoms with Crippen molar-refractivity contribution in [1.82, 2.24) is 19.7 Å². The lowest BCUT2D eigenvalue weighted by Gasteiger charge is -2.07. The molecule has 0 aliphatic rings. The van der Waals surface area contributed by atoms with Crippen LogP contribution in [0.5, 0.6) is 0 Å². The standard InChI is InChI=1S/C8H9N5OS/c9-6-3-7(14)11-8(15)13(6)4-5-1-2-10-12-5/h1-3H,4,9H2,(H,10,12)(H,11,14,15). The largest absolute Gasteiger partial charge is 0.385 e. The molecule has 0 radical (unpaired) electrons. The molecule has 7 heteroatoms. The van der Waals surface area contributed by atoms with E-state index in [4.69, 9.17) is 18.0 Å². The maximum atomic E-state index is 11.0. The van der Waals surface area contributed by atoms with E-state index in [0.717, 1.165) is 5.69 Å². The molecule has 0 fully saturated rings. The Morgan fingerprint density at radius 1 is 1.60 bits per heavy atom. The molecule has 2 aromatic rings. The fourth-order valence-corrected chi connectivity index (χ4v) is 1.52. The fourth-order valence-electron chi connectivity index (χ4n) is 1.24. The van der Waals surface area contributed by atoms with Gasteiger partial charge in [0.25, 0.3) is 5.56 Å². The van der Waals surface area contributed by atoms with Crippen LogP contribution in [0.1, 0.15) is 5.69 Å². The summed E-state index contributed by atoms with van der Waals surface area (Å²) in [5.74, 6) is 0.332. The van der Waals surface area contributed by atoms with Gasteiger partial charge in [-0.15, -0.1) is 0 Å². The van der Waals surface area contributed by atoms with E-state index < -0.39 is 0 Å². The molecule has 15 heavy (non-hydrogen) atoms. The third kappa shape index (κ3) is 1.96. The molecular weight excluding hydrogens is 214 g/mol. The second kappa shape index (κ2) is 3.70. The van der Waals surface area contributed by atoms with Gasteiger partial charge in [0.15, 0.2) is 4.77 Å². The Kier molecular flexibility index (Phi) is 2.38. The van der Waals surface area contributed by atoms with Crippen molar-refractivity contribution in [2.75, 3.05) is 5.73 Å². The van der Waals surface area contributed by atoms with Crippen molar-refractivity contribution in [3.8, 4) is 0 Å². The first-order valence-electron chi connectivity index (χ1n) is 4.25. The number of nitrogens with one attached hydrogen (secondary N) is 2. The lowest BCUT2D eigenvalue weighted by Crippen LogP contribution is -2.16. The summed E-state index contributed by atoms with van der Waals surface area (Å²) in [6, 6.07) is 3.11. The molecule has 0 amide bonds. The highest BCUT2D eigenvalue weighted by atomic mass is 32.1. The molecule has 4 N–H and O–H groups in total. The third-order valence-corrected chi connectivity index (χ3v) is 2.28. The highest BCUT2D eigenvalue weighted by Gasteiger charge is 2.01. The normalized spacial score (nSPS) is 10.4. The summed E-state index contributed by atoms with van der Waals surface area (Å²) in [5.41, 5.74) is 6.25. The molecule has 0 aliphatic heterocycles. The predicted octanol–water partition coefficient (Wildman–Crippen LogP) is 0.259. The molecule has 0 spiro atoms. The monoisotopic (exact) mass is 223 g/mol. The van der Waals surface area contributed by atoms with E-state index in [0.29, 0.717) is 17.1 Å². The van der Waals surface area contributed by atoms with Crippen molar-refractivity contribution < 1.29 is 0 Å². The lowest BCUT2D eigenvalue weighted by atomic mass is 10.4. The summed E-state index contributed by atoms with van der Waals surface area (Å²) in [6.07, 6.45) is 1.64. The van der Waals surface area contributed by atoms with Gasteiger partial charge in [-0.05, 0) is 18.3 Å². The van der Waals surface area contributed by atoms with E-state index in [-0.39, 0.29) is 5.56 Å². The Morgan fingerprint density at radius 3 is 3.00 bits per heavy atom. The van der Waals surface area contributed by atoms with Crippen LogP contribution in [0, 0.1) is 4.77 Å². The van der Waals surface area contributed by atoms with Crippen molar-refractivity contribution >= 4 is 18.0 Å². The zero-order valence-electron chi connectivity index (χ0n) is 7.73. The second-order valence-electron chi connectivity index (χ2n) is 3.03. The van der Waals surface area contributed by atoms with Crippen LogP contribution in [0.4, 0.5) is 5.82 Å². The van der Waals surface area contributed by atoms with E-state index >= 15 is 0 Å². The third-order valence-electron chi connectivity index (χ3n) is 1.95. The number of nitrogens with two attached hydrogens (primary N) is 1. The van der Waals surface area contributed by atoms with Crippen LogP contribution in [-0.4, -0.2) is 19.7 Å². The van der Waals surface area contributed by atoms with Crippen molar-refractivity contribution in [3.05, 3.63) is 39.1 Å². The maximum Gasteiger partial charge on any atom is 0.253 e. The van der Waals surface area contributed by atoms with Crippen molar-refractivity contribution in [2.45, 2.75) is 6.54 Å². The molecule has 0 saturated carbocycles. The Hall–Kier alpha value is -1.89. The molecule has 0 aliphatic carbocycles. The highest BCUT2D eigenvalue weighted by molar-refractivity contribution is 7.71. The summed E-state index contributed by atoms with van der Waals surface area (Å²) in [5, 5.41) is 6.60. The van der Waals surface area contributed by atoms with E-state index in [2.05, 4.69) is 15.2 Å². The van der Waals surface area contributed by atoms with E-state index in [1.165, 1.54) is 6.07 Å². The summed E-state index contributed by atoms with van der Waals surface area (Å²) < 4.78 is 1.92. The number of aromatic amines is 2. The average Bonchev–Trinajstić information content (AvgIpc) is 2.63. The van der Waals surface area contributed by atoms with Gasteiger partial charge in [-0.3, -0.25) is 19.4 Å². The van der Waals surface area contributed by atoms with Crippen LogP contribution in [-0.2, 0) is 6.54 Å². The van der Waals surface area contributed by atoms with Crippen molar-refractivity contribution in [3.63, 3.8) is 0 Å². The number of rotatable bonds is 2. The summed E-state index contributed by atoms with van der Waals surface area (Å²) >= 11 is 4.99. The van der Waals surface area contributed by atoms with Gasteiger partial charge in [-0.25, -0.2) is 0 Å². The quantitative estimate of drug-likeness (QED) is 0.637. The number of nitrogens with zero attached hydrogens (tertiary/aromatic N) is 2. The summed E-state index contributed by atoms with van der Waals surface area (Å²) in [4.78, 5) is 13.5. The summed E-state index contributed by atoms with van der Waals surface area (Å²) in [7, 11) is 0. The molecule has 0 atom stereocenters. The van der Waals surface area contributed by atoms with Crippen LogP contribution < -0.4 is 11.3 Å². The molecule has 2 aromatic heterocycles. The fraction of sp³-hybridized carbons (Fsp3) is 0.125. The van der Waals surface area contributed by atoms with Gasteiger partial charge < -0.3 is 5.73 Å². The number of aromatic nitrogens is 4. The topological polar surface area (TPSA) is 92.5 Å². The second-order valence-corrected chi connectivity index (χ2v) is 3.42. The first-order chi connectivity index (χ1) is 7.16. The number of nitrogen functional groups attached to an aromatic ring is 1. The molecule has 0 bridgehead atoms. The van der Waals surface area contributed by atoms with Crippen molar-refractivity contribution in [2.24, 2.45) is 0 Å². The Labute approximate surface area is 89.8 Å². The zero-order valence-corrected chi connectivity index (χ0v) is 8.54. The van der Waals surface area contributed by atoms with Crippen LogP contribution in [0.2, 0.25) is 0 Å². The Morgan fingerprint density at radius 2 is 2.40 bits per heavy atom. The number of hydrogen-bond acceptors (Lipinski definition) is 4. The molecular formula is C8H9N5OS. The minimum Gasteiger partial charge on any atom is -0.385 e. The maximum absolute atomic E-state index is 11.0. The van der Waals surface area contributed by atoms with Crippen LogP contribution in [0.15, 0.2) is 23.1 Å². The lowest BCUT2D eigenvalue weighted by molar-refractivity contribution is 0.735. The van der Waals surface area contributed by atoms with Gasteiger partial charge in [0.1, 0.15) is 5.82 Å². The van der Waals surface area contributed by atoms with E-state index in [1.54, 1.807) is 10.8 Å². The average molecular weight is 223 g/mol. The zero-order chi connectivity index (χ0) is 10.8. The summed E-state index contributed by atoms with van der Waals surface area (Å²) in [6.45, 7) is 0.460.